The Morgan fingerprint density at radius 2 is 2.09 bits per heavy atom. The van der Waals surface area contributed by atoms with E-state index in [0.29, 0.717) is 0 Å². The molecule has 2 atom stereocenters. The van der Waals surface area contributed by atoms with Crippen molar-refractivity contribution in [3.63, 3.8) is 0 Å². The Kier molecular flexibility index (Phi) is 3.27. The number of aromatic nitrogens is 4. The molecular weight excluding hydrogens is 402 g/mol. The highest BCUT2D eigenvalue weighted by atomic mass is 16.5. The van der Waals surface area contributed by atoms with Gasteiger partial charge < -0.3 is 14.5 Å². The summed E-state index contributed by atoms with van der Waals surface area (Å²) in [5.41, 5.74) is 6.35. The first kappa shape index (κ1) is 17.5. The van der Waals surface area contributed by atoms with Crippen LogP contribution in [0.15, 0.2) is 67.1 Å². The van der Waals surface area contributed by atoms with E-state index in [1.165, 1.54) is 0 Å². The van der Waals surface area contributed by atoms with E-state index in [1.807, 2.05) is 47.1 Å². The van der Waals surface area contributed by atoms with Crippen molar-refractivity contribution in [1.29, 1.82) is 0 Å². The number of nitrogens with zero attached hydrogens (tertiary/aromatic N) is 3. The second-order valence-electron chi connectivity index (χ2n) is 8.58. The number of aromatic amines is 1. The summed E-state index contributed by atoms with van der Waals surface area (Å²) in [6.45, 7) is 0. The number of carbonyl (C=O) groups excluding carboxylic acids is 1. The first-order valence-corrected chi connectivity index (χ1v) is 10.6. The molecule has 32 heavy (non-hydrogen) atoms. The highest BCUT2D eigenvalue weighted by molar-refractivity contribution is 6.10. The molecule has 2 aliphatic rings. The lowest BCUT2D eigenvalue weighted by atomic mass is 9.91. The van der Waals surface area contributed by atoms with E-state index in [1.54, 1.807) is 13.3 Å². The number of benzene rings is 2. The summed E-state index contributed by atoms with van der Waals surface area (Å²) in [6, 6.07) is 16.2. The average molecular weight is 421 g/mol. The summed E-state index contributed by atoms with van der Waals surface area (Å²) >= 11 is 0. The molecule has 1 aliphatic carbocycles. The smallest absolute Gasteiger partial charge is 0.235 e. The summed E-state index contributed by atoms with van der Waals surface area (Å²) in [5.74, 6) is 0.980. The number of pyridine rings is 1. The maximum Gasteiger partial charge on any atom is 0.235 e. The monoisotopic (exact) mass is 421 g/mol. The van der Waals surface area contributed by atoms with Gasteiger partial charge in [0, 0.05) is 41.1 Å². The SMILES string of the molecule is COc1ccc2c(c1)C1(CC1c1ccc3c(-c4ccc5nccn5c4)n[nH]c3c1)C(=O)N2. The molecule has 1 aliphatic heterocycles. The van der Waals surface area contributed by atoms with Gasteiger partial charge in [0.15, 0.2) is 0 Å². The number of anilines is 1. The van der Waals surface area contributed by atoms with Gasteiger partial charge in [0.2, 0.25) is 5.91 Å². The number of imidazole rings is 1. The van der Waals surface area contributed by atoms with Gasteiger partial charge in [-0.15, -0.1) is 0 Å². The molecule has 2 unspecified atom stereocenters. The van der Waals surface area contributed by atoms with Gasteiger partial charge in [0.1, 0.15) is 17.1 Å². The van der Waals surface area contributed by atoms with Crippen molar-refractivity contribution in [1.82, 2.24) is 19.6 Å². The Hall–Kier alpha value is -4.13. The van der Waals surface area contributed by atoms with Crippen LogP contribution in [0.3, 0.4) is 0 Å². The summed E-state index contributed by atoms with van der Waals surface area (Å²) in [6.07, 6.45) is 6.54. The van der Waals surface area contributed by atoms with E-state index in [9.17, 15) is 4.79 Å². The molecule has 4 heterocycles. The average Bonchev–Trinajstić information content (AvgIpc) is 3.08. The van der Waals surface area contributed by atoms with Gasteiger partial charge in [-0.25, -0.2) is 4.98 Å². The van der Waals surface area contributed by atoms with Gasteiger partial charge in [-0.3, -0.25) is 9.89 Å². The number of hydrogen-bond donors (Lipinski definition) is 2. The molecule has 2 aromatic carbocycles. The van der Waals surface area contributed by atoms with Gasteiger partial charge in [-0.1, -0.05) is 12.1 Å². The van der Waals surface area contributed by atoms with Crippen LogP contribution in [0, 0.1) is 0 Å². The predicted molar refractivity (Wildman–Crippen MR) is 121 cm³/mol. The molecule has 7 heteroatoms. The molecule has 1 saturated carbocycles. The molecule has 5 aromatic rings. The van der Waals surface area contributed by atoms with Gasteiger partial charge in [0.05, 0.1) is 18.0 Å². The molecule has 7 nitrogen and oxygen atoms in total. The highest BCUT2D eigenvalue weighted by Crippen LogP contribution is 2.65. The van der Waals surface area contributed by atoms with Crippen molar-refractivity contribution >= 4 is 28.1 Å². The molecule has 1 amide bonds. The number of hydrogen-bond acceptors (Lipinski definition) is 4. The zero-order chi connectivity index (χ0) is 21.4. The Labute approximate surface area is 183 Å². The number of nitrogens with one attached hydrogen (secondary N) is 2. The number of H-pyrrole nitrogens is 1. The minimum Gasteiger partial charge on any atom is -0.497 e. The van der Waals surface area contributed by atoms with Crippen LogP contribution in [0.5, 0.6) is 5.75 Å². The summed E-state index contributed by atoms with van der Waals surface area (Å²) in [4.78, 5) is 17.3. The van der Waals surface area contributed by atoms with E-state index in [0.717, 1.165) is 56.8 Å². The number of fused-ring (bicyclic) bond motifs is 4. The van der Waals surface area contributed by atoms with Crippen molar-refractivity contribution in [3.8, 4) is 17.0 Å². The molecule has 1 fully saturated rings. The third kappa shape index (κ3) is 2.22. The topological polar surface area (TPSA) is 84.3 Å². The zero-order valence-electron chi connectivity index (χ0n) is 17.3. The maximum atomic E-state index is 13.0. The number of rotatable bonds is 3. The van der Waals surface area contributed by atoms with Gasteiger partial charge in [-0.2, -0.15) is 5.10 Å². The largest absolute Gasteiger partial charge is 0.497 e. The zero-order valence-corrected chi connectivity index (χ0v) is 17.3. The van der Waals surface area contributed by atoms with E-state index < -0.39 is 5.41 Å². The van der Waals surface area contributed by atoms with Crippen LogP contribution in [0.2, 0.25) is 0 Å². The Morgan fingerprint density at radius 3 is 3.00 bits per heavy atom. The van der Waals surface area contributed by atoms with E-state index in [-0.39, 0.29) is 11.8 Å². The molecule has 7 rings (SSSR count). The van der Waals surface area contributed by atoms with Crippen LogP contribution in [0.1, 0.15) is 23.5 Å². The van der Waals surface area contributed by atoms with Crippen LogP contribution in [-0.4, -0.2) is 32.6 Å². The third-order valence-corrected chi connectivity index (χ3v) is 6.97. The lowest BCUT2D eigenvalue weighted by Gasteiger charge is -2.10. The van der Waals surface area contributed by atoms with Gasteiger partial charge in [-0.05, 0) is 53.9 Å². The number of carbonyl (C=O) groups is 1. The van der Waals surface area contributed by atoms with Crippen LogP contribution in [0.4, 0.5) is 5.69 Å². The Morgan fingerprint density at radius 1 is 1.16 bits per heavy atom. The highest BCUT2D eigenvalue weighted by Gasteiger charge is 2.65. The fourth-order valence-electron chi connectivity index (χ4n) is 5.23. The molecule has 1 spiro atoms. The van der Waals surface area contributed by atoms with Crippen LogP contribution < -0.4 is 10.1 Å². The van der Waals surface area contributed by atoms with Crippen molar-refractivity contribution < 1.29 is 9.53 Å². The second kappa shape index (κ2) is 5.97. The van der Waals surface area contributed by atoms with Gasteiger partial charge in [0.25, 0.3) is 0 Å². The molecule has 0 bridgehead atoms. The lowest BCUT2D eigenvalue weighted by Crippen LogP contribution is -2.21. The minimum absolute atomic E-state index is 0.0739. The number of methoxy groups -OCH3 is 1. The van der Waals surface area contributed by atoms with Crippen molar-refractivity contribution in [2.24, 2.45) is 0 Å². The standard InChI is InChI=1S/C25H19N5O2/c1-32-16-4-6-20-18(11-16)25(24(31)27-20)12-19(25)14-2-5-17-21(10-14)28-29-23(17)15-3-7-22-26-8-9-30(22)13-15/h2-11,13,19H,12H2,1H3,(H,27,31)(H,28,29). The number of ether oxygens (including phenoxy) is 1. The van der Waals surface area contributed by atoms with E-state index >= 15 is 0 Å². The third-order valence-electron chi connectivity index (χ3n) is 6.97. The van der Waals surface area contributed by atoms with Crippen molar-refractivity contribution in [3.05, 3.63) is 78.2 Å². The summed E-state index contributed by atoms with van der Waals surface area (Å²) in [7, 11) is 1.65. The van der Waals surface area contributed by atoms with Crippen molar-refractivity contribution in [2.75, 3.05) is 12.4 Å². The molecule has 3 aromatic heterocycles. The fourth-order valence-corrected chi connectivity index (χ4v) is 5.23. The molecule has 2 N–H and O–H groups in total. The first-order valence-electron chi connectivity index (χ1n) is 10.6. The maximum absolute atomic E-state index is 13.0. The molecule has 0 radical (unpaired) electrons. The minimum atomic E-state index is -0.507. The van der Waals surface area contributed by atoms with E-state index in [4.69, 9.17) is 4.74 Å². The van der Waals surface area contributed by atoms with Crippen LogP contribution >= 0.6 is 0 Å². The summed E-state index contributed by atoms with van der Waals surface area (Å²) in [5, 5.41) is 11.9. The van der Waals surface area contributed by atoms with Crippen LogP contribution in [-0.2, 0) is 10.2 Å². The molecule has 0 saturated heterocycles. The fraction of sp³-hybridized carbons (Fsp3) is 0.160. The predicted octanol–water partition coefficient (Wildman–Crippen LogP) is 4.26. The first-order chi connectivity index (χ1) is 15.7. The van der Waals surface area contributed by atoms with Gasteiger partial charge >= 0.3 is 0 Å². The normalized spacial score (nSPS) is 21.3. The number of amides is 1. The Bertz CT molecular complexity index is 1570. The Balaban J connectivity index is 1.28. The van der Waals surface area contributed by atoms with E-state index in [2.05, 4.69) is 38.7 Å². The van der Waals surface area contributed by atoms with Crippen LogP contribution in [0.25, 0.3) is 27.8 Å². The molecular formula is C25H19N5O2. The quantitative estimate of drug-likeness (QED) is 0.456. The molecule has 156 valence electrons. The summed E-state index contributed by atoms with van der Waals surface area (Å²) < 4.78 is 7.39. The van der Waals surface area contributed by atoms with Crippen molar-refractivity contribution in [2.45, 2.75) is 17.8 Å². The lowest BCUT2D eigenvalue weighted by molar-refractivity contribution is -0.118. The second-order valence-corrected chi connectivity index (χ2v) is 8.58.